The quantitative estimate of drug-likeness (QED) is 0.375. The Hall–Kier alpha value is -3.68. The van der Waals surface area contributed by atoms with E-state index in [0.29, 0.717) is 30.3 Å². The second kappa shape index (κ2) is 9.42. The number of nitrogens with one attached hydrogen (secondary N) is 1. The Labute approximate surface area is 179 Å². The van der Waals surface area contributed by atoms with Gasteiger partial charge in [0, 0.05) is 17.5 Å². The number of methoxy groups -OCH3 is 1. The lowest BCUT2D eigenvalue weighted by molar-refractivity contribution is -0.0424. The molecule has 0 spiro atoms. The first kappa shape index (κ1) is 20.6. The maximum absolute atomic E-state index is 9.25. The van der Waals surface area contributed by atoms with Gasteiger partial charge in [0.1, 0.15) is 18.2 Å². The molecule has 158 valence electrons. The van der Waals surface area contributed by atoms with Crippen molar-refractivity contribution in [1.82, 2.24) is 9.97 Å². The van der Waals surface area contributed by atoms with Crippen LogP contribution in [0.3, 0.4) is 0 Å². The van der Waals surface area contributed by atoms with Crippen LogP contribution in [-0.2, 0) is 13.2 Å². The SMILES string of the molecule is COc1ccc2nc(OCc3ccccc3)nc(NCc3ccc(C(O)O)cc3)c2c1. The standard InChI is InChI=1S/C24H23N3O4/c1-30-19-11-12-21-20(13-19)22(25-14-16-7-9-18(10-8-16)23(28)29)27-24(26-21)31-15-17-5-3-2-4-6-17/h2-13,23,28-29H,14-15H2,1H3,(H,25,26,27). The van der Waals surface area contributed by atoms with Crippen LogP contribution in [0, 0.1) is 0 Å². The highest BCUT2D eigenvalue weighted by molar-refractivity contribution is 5.90. The van der Waals surface area contributed by atoms with Gasteiger partial charge in [0.15, 0.2) is 6.29 Å². The van der Waals surface area contributed by atoms with E-state index in [0.717, 1.165) is 22.0 Å². The van der Waals surface area contributed by atoms with Crippen molar-refractivity contribution < 1.29 is 19.7 Å². The summed E-state index contributed by atoms with van der Waals surface area (Å²) in [5.74, 6) is 1.33. The van der Waals surface area contributed by atoms with Gasteiger partial charge >= 0.3 is 6.01 Å². The molecule has 1 heterocycles. The predicted molar refractivity (Wildman–Crippen MR) is 118 cm³/mol. The minimum atomic E-state index is -1.48. The lowest BCUT2D eigenvalue weighted by Crippen LogP contribution is -2.06. The second-order valence-electron chi connectivity index (χ2n) is 6.98. The van der Waals surface area contributed by atoms with E-state index in [4.69, 9.17) is 9.47 Å². The summed E-state index contributed by atoms with van der Waals surface area (Å²) < 4.78 is 11.2. The molecule has 0 saturated heterocycles. The van der Waals surface area contributed by atoms with E-state index in [2.05, 4.69) is 15.3 Å². The number of nitrogens with zero attached hydrogens (tertiary/aromatic N) is 2. The van der Waals surface area contributed by atoms with Crippen molar-refractivity contribution in [2.24, 2.45) is 0 Å². The number of rotatable bonds is 8. The number of ether oxygens (including phenoxy) is 2. The Morgan fingerprint density at radius 1 is 0.903 bits per heavy atom. The van der Waals surface area contributed by atoms with E-state index < -0.39 is 6.29 Å². The molecule has 1 aromatic heterocycles. The van der Waals surface area contributed by atoms with Gasteiger partial charge in [-0.05, 0) is 29.3 Å². The van der Waals surface area contributed by atoms with Crippen LogP contribution in [0.2, 0.25) is 0 Å². The highest BCUT2D eigenvalue weighted by Crippen LogP contribution is 2.28. The number of aliphatic hydroxyl groups is 2. The van der Waals surface area contributed by atoms with Crippen LogP contribution >= 0.6 is 0 Å². The molecule has 7 heteroatoms. The van der Waals surface area contributed by atoms with Crippen LogP contribution in [0.4, 0.5) is 5.82 Å². The summed E-state index contributed by atoms with van der Waals surface area (Å²) >= 11 is 0. The highest BCUT2D eigenvalue weighted by Gasteiger charge is 2.11. The molecule has 0 bridgehead atoms. The van der Waals surface area contributed by atoms with Crippen molar-refractivity contribution in [2.75, 3.05) is 12.4 Å². The van der Waals surface area contributed by atoms with Crippen LogP contribution in [0.25, 0.3) is 10.9 Å². The van der Waals surface area contributed by atoms with E-state index in [9.17, 15) is 10.2 Å². The van der Waals surface area contributed by atoms with Crippen molar-refractivity contribution >= 4 is 16.7 Å². The van der Waals surface area contributed by atoms with Crippen LogP contribution in [0.15, 0.2) is 72.8 Å². The normalized spacial score (nSPS) is 11.0. The zero-order valence-corrected chi connectivity index (χ0v) is 17.0. The lowest BCUT2D eigenvalue weighted by atomic mass is 10.1. The van der Waals surface area contributed by atoms with Gasteiger partial charge in [-0.15, -0.1) is 0 Å². The smallest absolute Gasteiger partial charge is 0.319 e. The molecule has 7 nitrogen and oxygen atoms in total. The van der Waals surface area contributed by atoms with Crippen LogP contribution in [0.1, 0.15) is 23.0 Å². The van der Waals surface area contributed by atoms with Crippen LogP contribution in [-0.4, -0.2) is 27.3 Å². The molecule has 3 N–H and O–H groups in total. The first-order valence-electron chi connectivity index (χ1n) is 9.84. The first-order chi connectivity index (χ1) is 15.1. The maximum atomic E-state index is 9.25. The fourth-order valence-electron chi connectivity index (χ4n) is 3.13. The molecule has 3 aromatic carbocycles. The van der Waals surface area contributed by atoms with Crippen molar-refractivity contribution in [1.29, 1.82) is 0 Å². The zero-order valence-electron chi connectivity index (χ0n) is 17.0. The third kappa shape index (κ3) is 5.09. The van der Waals surface area contributed by atoms with E-state index in [1.165, 1.54) is 0 Å². The van der Waals surface area contributed by atoms with Gasteiger partial charge in [-0.25, -0.2) is 0 Å². The zero-order chi connectivity index (χ0) is 21.6. The summed E-state index contributed by atoms with van der Waals surface area (Å²) in [6.45, 7) is 0.857. The summed E-state index contributed by atoms with van der Waals surface area (Å²) in [4.78, 5) is 9.10. The first-order valence-corrected chi connectivity index (χ1v) is 9.84. The molecule has 4 aromatic rings. The van der Waals surface area contributed by atoms with Crippen LogP contribution < -0.4 is 14.8 Å². The average Bonchev–Trinajstić information content (AvgIpc) is 2.81. The lowest BCUT2D eigenvalue weighted by Gasteiger charge is -2.13. The van der Waals surface area contributed by atoms with Crippen LogP contribution in [0.5, 0.6) is 11.8 Å². The van der Waals surface area contributed by atoms with Gasteiger partial charge in [-0.1, -0.05) is 54.6 Å². The Morgan fingerprint density at radius 2 is 1.68 bits per heavy atom. The monoisotopic (exact) mass is 417 g/mol. The third-order valence-electron chi connectivity index (χ3n) is 4.83. The number of hydrogen-bond acceptors (Lipinski definition) is 7. The van der Waals surface area contributed by atoms with Gasteiger partial charge in [0.2, 0.25) is 0 Å². The molecule has 0 unspecified atom stereocenters. The molecule has 0 saturated carbocycles. The van der Waals surface area contributed by atoms with E-state index in [1.54, 1.807) is 19.2 Å². The van der Waals surface area contributed by atoms with E-state index in [1.807, 2.05) is 60.7 Å². The number of fused-ring (bicyclic) bond motifs is 1. The molecule has 31 heavy (non-hydrogen) atoms. The van der Waals surface area contributed by atoms with Crippen molar-refractivity contribution in [2.45, 2.75) is 19.4 Å². The number of benzene rings is 3. The van der Waals surface area contributed by atoms with E-state index in [-0.39, 0.29) is 6.01 Å². The molecular formula is C24H23N3O4. The van der Waals surface area contributed by atoms with Gasteiger partial charge in [0.25, 0.3) is 0 Å². The molecule has 0 aliphatic carbocycles. The fourth-order valence-corrected chi connectivity index (χ4v) is 3.13. The molecule has 0 aliphatic heterocycles. The molecule has 0 aliphatic rings. The van der Waals surface area contributed by atoms with Crippen molar-refractivity contribution in [3.05, 3.63) is 89.5 Å². The van der Waals surface area contributed by atoms with Crippen molar-refractivity contribution in [3.63, 3.8) is 0 Å². The van der Waals surface area contributed by atoms with Gasteiger partial charge < -0.3 is 25.0 Å². The molecular weight excluding hydrogens is 394 g/mol. The maximum Gasteiger partial charge on any atom is 0.319 e. The average molecular weight is 417 g/mol. The minimum Gasteiger partial charge on any atom is -0.497 e. The Kier molecular flexibility index (Phi) is 6.26. The number of aromatic nitrogens is 2. The van der Waals surface area contributed by atoms with Gasteiger partial charge in [-0.2, -0.15) is 9.97 Å². The molecule has 0 atom stereocenters. The van der Waals surface area contributed by atoms with E-state index >= 15 is 0 Å². The minimum absolute atomic E-state index is 0.280. The summed E-state index contributed by atoms with van der Waals surface area (Å²) in [7, 11) is 1.61. The number of aliphatic hydroxyl groups excluding tert-OH is 1. The predicted octanol–water partition coefficient (Wildman–Crippen LogP) is 3.81. The number of anilines is 1. The molecule has 0 radical (unpaired) electrons. The molecule has 0 fully saturated rings. The largest absolute Gasteiger partial charge is 0.497 e. The highest BCUT2D eigenvalue weighted by atomic mass is 16.5. The second-order valence-corrected chi connectivity index (χ2v) is 6.98. The topological polar surface area (TPSA) is 96.7 Å². The summed E-state index contributed by atoms with van der Waals surface area (Å²) in [5.41, 5.74) is 3.17. The fraction of sp³-hybridized carbons (Fsp3) is 0.167. The third-order valence-corrected chi connectivity index (χ3v) is 4.83. The van der Waals surface area contributed by atoms with Gasteiger partial charge in [-0.3, -0.25) is 0 Å². The number of hydrogen-bond donors (Lipinski definition) is 3. The Morgan fingerprint density at radius 3 is 2.39 bits per heavy atom. The summed E-state index contributed by atoms with van der Waals surface area (Å²) in [6, 6.07) is 22.7. The Balaban J connectivity index is 1.59. The summed E-state index contributed by atoms with van der Waals surface area (Å²) in [5, 5.41) is 22.6. The molecule has 0 amide bonds. The Bertz CT molecular complexity index is 1150. The summed E-state index contributed by atoms with van der Waals surface area (Å²) in [6.07, 6.45) is -1.48. The van der Waals surface area contributed by atoms with Gasteiger partial charge in [0.05, 0.1) is 12.6 Å². The molecule has 4 rings (SSSR count). The van der Waals surface area contributed by atoms with Crippen molar-refractivity contribution in [3.8, 4) is 11.8 Å².